The van der Waals surface area contributed by atoms with Gasteiger partial charge in [-0.15, -0.1) is 0 Å². The zero-order valence-corrected chi connectivity index (χ0v) is 16.4. The summed E-state index contributed by atoms with van der Waals surface area (Å²) in [6.45, 7) is 6.06. The van der Waals surface area contributed by atoms with Crippen LogP contribution in [0.4, 0.5) is 0 Å². The summed E-state index contributed by atoms with van der Waals surface area (Å²) in [6.07, 6.45) is 13.3. The Kier molecular flexibility index (Phi) is 7.10. The van der Waals surface area contributed by atoms with E-state index in [1.54, 1.807) is 0 Å². The number of hydrogen-bond donors (Lipinski definition) is 1. The van der Waals surface area contributed by atoms with Crippen LogP contribution in [0, 0.1) is 10.8 Å². The van der Waals surface area contributed by atoms with E-state index in [0.29, 0.717) is 5.41 Å². The predicted molar refractivity (Wildman–Crippen MR) is 105 cm³/mol. The van der Waals surface area contributed by atoms with Crippen LogP contribution in [0.2, 0.25) is 0 Å². The van der Waals surface area contributed by atoms with Crippen LogP contribution >= 0.6 is 0 Å². The number of unbranched alkanes of at least 4 members (excludes halogenated alkanes) is 3. The van der Waals surface area contributed by atoms with Crippen LogP contribution < -0.4 is 0 Å². The first-order chi connectivity index (χ1) is 11.8. The van der Waals surface area contributed by atoms with Gasteiger partial charge >= 0.3 is 5.97 Å². The minimum absolute atomic E-state index is 0.585. The van der Waals surface area contributed by atoms with Gasteiger partial charge in [0.15, 0.2) is 0 Å². The summed E-state index contributed by atoms with van der Waals surface area (Å²) in [7, 11) is 0. The van der Waals surface area contributed by atoms with Crippen molar-refractivity contribution in [3.05, 3.63) is 35.4 Å². The van der Waals surface area contributed by atoms with Gasteiger partial charge in [0.25, 0.3) is 0 Å². The zero-order valence-electron chi connectivity index (χ0n) is 16.4. The number of aryl methyl sites for hydroxylation is 2. The molecule has 0 amide bonds. The topological polar surface area (TPSA) is 37.3 Å². The Bertz CT molecular complexity index is 538. The van der Waals surface area contributed by atoms with Crippen LogP contribution in [0.25, 0.3) is 0 Å². The minimum Gasteiger partial charge on any atom is -0.481 e. The van der Waals surface area contributed by atoms with Crippen molar-refractivity contribution < 1.29 is 9.90 Å². The summed E-state index contributed by atoms with van der Waals surface area (Å²) in [5.41, 5.74) is 2.99. The van der Waals surface area contributed by atoms with E-state index >= 15 is 0 Å². The average molecular weight is 345 g/mol. The zero-order chi connectivity index (χ0) is 18.3. The minimum atomic E-state index is -0.686. The van der Waals surface area contributed by atoms with E-state index in [1.807, 2.05) is 13.8 Å². The van der Waals surface area contributed by atoms with Crippen LogP contribution in [-0.2, 0) is 17.6 Å². The molecule has 2 rings (SSSR count). The largest absolute Gasteiger partial charge is 0.481 e. The number of aliphatic carboxylic acids is 1. The summed E-state index contributed by atoms with van der Waals surface area (Å²) in [6, 6.07) is 9.14. The average Bonchev–Trinajstić information content (AvgIpc) is 3.30. The Balaban J connectivity index is 1.57. The van der Waals surface area contributed by atoms with Crippen molar-refractivity contribution in [1.29, 1.82) is 0 Å². The number of carboxylic acids is 1. The summed E-state index contributed by atoms with van der Waals surface area (Å²) in [5, 5.41) is 9.12. The van der Waals surface area contributed by atoms with Gasteiger partial charge in [0, 0.05) is 0 Å². The van der Waals surface area contributed by atoms with E-state index in [4.69, 9.17) is 5.11 Å². The summed E-state index contributed by atoms with van der Waals surface area (Å²) < 4.78 is 0. The second-order valence-electron chi connectivity index (χ2n) is 9.08. The maximum atomic E-state index is 11.1. The Hall–Kier alpha value is -1.31. The van der Waals surface area contributed by atoms with Crippen LogP contribution in [0.3, 0.4) is 0 Å². The molecule has 1 aromatic carbocycles. The number of hydrogen-bond acceptors (Lipinski definition) is 1. The molecule has 1 fully saturated rings. The van der Waals surface area contributed by atoms with E-state index in [0.717, 1.165) is 32.1 Å². The summed E-state index contributed by atoms with van der Waals surface area (Å²) >= 11 is 0. The molecular weight excluding hydrogens is 308 g/mol. The highest BCUT2D eigenvalue weighted by atomic mass is 16.4. The SMILES string of the molecule is CC1(CCCCc2ccc(CCCCCC(C)(C)C(=O)O)cc2)CC1. The van der Waals surface area contributed by atoms with E-state index < -0.39 is 11.4 Å². The lowest BCUT2D eigenvalue weighted by atomic mass is 9.87. The summed E-state index contributed by atoms with van der Waals surface area (Å²) in [5.74, 6) is -0.686. The highest BCUT2D eigenvalue weighted by molar-refractivity contribution is 5.73. The third-order valence-corrected chi connectivity index (χ3v) is 5.97. The summed E-state index contributed by atoms with van der Waals surface area (Å²) in [4.78, 5) is 11.1. The van der Waals surface area contributed by atoms with Gasteiger partial charge in [-0.25, -0.2) is 0 Å². The molecule has 1 N–H and O–H groups in total. The molecule has 0 aromatic heterocycles. The fraction of sp³-hybridized carbons (Fsp3) is 0.696. The van der Waals surface area contributed by atoms with E-state index in [1.165, 1.54) is 49.7 Å². The molecule has 1 aromatic rings. The maximum Gasteiger partial charge on any atom is 0.309 e. The van der Waals surface area contributed by atoms with E-state index in [-0.39, 0.29) is 0 Å². The van der Waals surface area contributed by atoms with Gasteiger partial charge in [-0.2, -0.15) is 0 Å². The fourth-order valence-electron chi connectivity index (χ4n) is 3.40. The molecule has 1 aliphatic carbocycles. The van der Waals surface area contributed by atoms with Crippen molar-refractivity contribution in [1.82, 2.24) is 0 Å². The molecule has 0 spiro atoms. The van der Waals surface area contributed by atoms with Crippen molar-refractivity contribution >= 4 is 5.97 Å². The van der Waals surface area contributed by atoms with Gasteiger partial charge in [0.2, 0.25) is 0 Å². The smallest absolute Gasteiger partial charge is 0.309 e. The van der Waals surface area contributed by atoms with Gasteiger partial charge < -0.3 is 5.11 Å². The Labute approximate surface area is 154 Å². The molecule has 2 nitrogen and oxygen atoms in total. The normalized spacial score (nSPS) is 16.0. The lowest BCUT2D eigenvalue weighted by molar-refractivity contribution is -0.147. The Morgan fingerprint density at radius 1 is 0.960 bits per heavy atom. The van der Waals surface area contributed by atoms with Crippen molar-refractivity contribution in [3.8, 4) is 0 Å². The molecule has 25 heavy (non-hydrogen) atoms. The standard InChI is InChI=1S/C23H36O2/c1-22(2,21(24)25)15-7-4-5-9-19-11-13-20(14-12-19)10-6-8-16-23(3)17-18-23/h11-14H,4-10,15-18H2,1-3H3,(H,24,25). The number of carbonyl (C=O) groups is 1. The van der Waals surface area contributed by atoms with Crippen molar-refractivity contribution in [2.45, 2.75) is 91.4 Å². The van der Waals surface area contributed by atoms with Crippen LogP contribution in [0.1, 0.15) is 89.7 Å². The number of rotatable bonds is 12. The van der Waals surface area contributed by atoms with Gasteiger partial charge in [-0.1, -0.05) is 50.5 Å². The first-order valence-electron chi connectivity index (χ1n) is 10.1. The van der Waals surface area contributed by atoms with Crippen LogP contribution in [-0.4, -0.2) is 11.1 Å². The van der Waals surface area contributed by atoms with Crippen LogP contribution in [0.15, 0.2) is 24.3 Å². The molecule has 1 saturated carbocycles. The monoisotopic (exact) mass is 344 g/mol. The Morgan fingerprint density at radius 3 is 1.96 bits per heavy atom. The van der Waals surface area contributed by atoms with Crippen LogP contribution in [0.5, 0.6) is 0 Å². The maximum absolute atomic E-state index is 11.1. The predicted octanol–water partition coefficient (Wildman–Crippen LogP) is 6.41. The molecular formula is C23H36O2. The number of carboxylic acid groups (broad SMARTS) is 1. The molecule has 1 aliphatic rings. The highest BCUT2D eigenvalue weighted by Gasteiger charge is 2.35. The van der Waals surface area contributed by atoms with Gasteiger partial charge in [0.05, 0.1) is 5.41 Å². The second kappa shape index (κ2) is 8.87. The van der Waals surface area contributed by atoms with Gasteiger partial charge in [0.1, 0.15) is 0 Å². The van der Waals surface area contributed by atoms with Crippen molar-refractivity contribution in [3.63, 3.8) is 0 Å². The molecule has 0 saturated heterocycles. The lowest BCUT2D eigenvalue weighted by Gasteiger charge is -2.18. The first kappa shape index (κ1) is 20.0. The van der Waals surface area contributed by atoms with Crippen molar-refractivity contribution in [2.75, 3.05) is 0 Å². The molecule has 0 unspecified atom stereocenters. The third-order valence-electron chi connectivity index (χ3n) is 5.97. The fourth-order valence-corrected chi connectivity index (χ4v) is 3.40. The third kappa shape index (κ3) is 7.22. The number of benzene rings is 1. The second-order valence-corrected chi connectivity index (χ2v) is 9.08. The first-order valence-corrected chi connectivity index (χ1v) is 10.1. The van der Waals surface area contributed by atoms with Crippen molar-refractivity contribution in [2.24, 2.45) is 10.8 Å². The van der Waals surface area contributed by atoms with Gasteiger partial charge in [-0.05, 0) is 81.8 Å². The van der Waals surface area contributed by atoms with E-state index in [2.05, 4.69) is 31.2 Å². The highest BCUT2D eigenvalue weighted by Crippen LogP contribution is 2.49. The molecule has 2 heteroatoms. The molecule has 0 atom stereocenters. The Morgan fingerprint density at radius 2 is 1.48 bits per heavy atom. The molecule has 140 valence electrons. The quantitative estimate of drug-likeness (QED) is 0.445. The van der Waals surface area contributed by atoms with E-state index in [9.17, 15) is 4.79 Å². The molecule has 0 bridgehead atoms. The van der Waals surface area contributed by atoms with Gasteiger partial charge in [-0.3, -0.25) is 4.79 Å². The molecule has 0 heterocycles. The molecule has 0 aliphatic heterocycles. The molecule has 0 radical (unpaired) electrons. The lowest BCUT2D eigenvalue weighted by Crippen LogP contribution is -2.23.